The molecule has 1 aliphatic rings. The van der Waals surface area contributed by atoms with E-state index in [1.54, 1.807) is 11.3 Å². The van der Waals surface area contributed by atoms with Crippen LogP contribution in [0.4, 0.5) is 10.8 Å². The van der Waals surface area contributed by atoms with Crippen LogP contribution in [-0.2, 0) is 4.79 Å². The molecule has 1 aromatic heterocycles. The number of hydrogen-bond donors (Lipinski definition) is 1. The quantitative estimate of drug-likeness (QED) is 0.741. The SMILES string of the molecule is Cc1csc(N2CCN(CC(=O)Nc3ccc(I)cc3)CC2)n1. The zero-order valence-electron chi connectivity index (χ0n) is 13.0. The highest BCUT2D eigenvalue weighted by atomic mass is 127. The van der Waals surface area contributed by atoms with Crippen LogP contribution in [0.5, 0.6) is 0 Å². The van der Waals surface area contributed by atoms with Gasteiger partial charge in [0.05, 0.1) is 12.2 Å². The lowest BCUT2D eigenvalue weighted by molar-refractivity contribution is -0.117. The standard InChI is InChI=1S/C16H19IN4OS/c1-12-11-23-16(18-12)21-8-6-20(7-9-21)10-15(22)19-14-4-2-13(17)3-5-14/h2-5,11H,6-10H2,1H3,(H,19,22). The topological polar surface area (TPSA) is 48.5 Å². The van der Waals surface area contributed by atoms with E-state index in [4.69, 9.17) is 0 Å². The number of rotatable bonds is 4. The van der Waals surface area contributed by atoms with E-state index >= 15 is 0 Å². The Hall–Kier alpha value is -1.19. The van der Waals surface area contributed by atoms with Crippen molar-refractivity contribution in [2.45, 2.75) is 6.92 Å². The van der Waals surface area contributed by atoms with Gasteiger partial charge in [-0.1, -0.05) is 0 Å². The molecule has 2 aromatic rings. The highest BCUT2D eigenvalue weighted by molar-refractivity contribution is 14.1. The van der Waals surface area contributed by atoms with Crippen molar-refractivity contribution in [1.82, 2.24) is 9.88 Å². The van der Waals surface area contributed by atoms with E-state index in [-0.39, 0.29) is 5.91 Å². The summed E-state index contributed by atoms with van der Waals surface area (Å²) in [5.74, 6) is 0.0461. The fourth-order valence-corrected chi connectivity index (χ4v) is 3.74. The van der Waals surface area contributed by atoms with Crippen molar-refractivity contribution in [3.05, 3.63) is 38.9 Å². The second-order valence-corrected chi connectivity index (χ2v) is 7.67. The van der Waals surface area contributed by atoms with Gasteiger partial charge in [-0.05, 0) is 53.8 Å². The van der Waals surface area contributed by atoms with E-state index in [2.05, 4.69) is 48.1 Å². The van der Waals surface area contributed by atoms with Crippen LogP contribution in [-0.4, -0.2) is 48.5 Å². The number of thiazole rings is 1. The second kappa shape index (κ2) is 7.59. The van der Waals surface area contributed by atoms with Gasteiger partial charge >= 0.3 is 0 Å². The van der Waals surface area contributed by atoms with Crippen LogP contribution in [0.3, 0.4) is 0 Å². The lowest BCUT2D eigenvalue weighted by atomic mass is 10.3. The van der Waals surface area contributed by atoms with Gasteiger partial charge in [0.2, 0.25) is 5.91 Å². The minimum atomic E-state index is 0.0461. The zero-order chi connectivity index (χ0) is 16.2. The monoisotopic (exact) mass is 442 g/mol. The smallest absolute Gasteiger partial charge is 0.238 e. The Morgan fingerprint density at radius 2 is 1.96 bits per heavy atom. The summed E-state index contributed by atoms with van der Waals surface area (Å²) in [4.78, 5) is 21.2. The Morgan fingerprint density at radius 1 is 1.26 bits per heavy atom. The van der Waals surface area contributed by atoms with Crippen molar-refractivity contribution < 1.29 is 4.79 Å². The molecule has 1 fully saturated rings. The lowest BCUT2D eigenvalue weighted by Gasteiger charge is -2.34. The van der Waals surface area contributed by atoms with E-state index in [9.17, 15) is 4.79 Å². The van der Waals surface area contributed by atoms with Gasteiger partial charge in [-0.3, -0.25) is 9.69 Å². The van der Waals surface area contributed by atoms with Gasteiger partial charge < -0.3 is 10.2 Å². The summed E-state index contributed by atoms with van der Waals surface area (Å²) < 4.78 is 1.16. The van der Waals surface area contributed by atoms with Crippen LogP contribution in [0.15, 0.2) is 29.6 Å². The van der Waals surface area contributed by atoms with E-state index in [0.29, 0.717) is 6.54 Å². The number of carbonyl (C=O) groups is 1. The van der Waals surface area contributed by atoms with E-state index in [1.165, 1.54) is 0 Å². The first kappa shape index (κ1) is 16.7. The van der Waals surface area contributed by atoms with Crippen LogP contribution >= 0.6 is 33.9 Å². The average Bonchev–Trinajstić information content (AvgIpc) is 2.97. The van der Waals surface area contributed by atoms with Gasteiger partial charge in [-0.25, -0.2) is 4.98 Å². The molecule has 23 heavy (non-hydrogen) atoms. The molecule has 2 heterocycles. The third kappa shape index (κ3) is 4.65. The summed E-state index contributed by atoms with van der Waals surface area (Å²) in [6, 6.07) is 7.85. The molecule has 0 atom stereocenters. The Morgan fingerprint density at radius 3 is 2.57 bits per heavy atom. The maximum Gasteiger partial charge on any atom is 0.238 e. The minimum absolute atomic E-state index is 0.0461. The highest BCUT2D eigenvalue weighted by Gasteiger charge is 2.20. The molecule has 0 unspecified atom stereocenters. The number of anilines is 2. The van der Waals surface area contributed by atoms with Gasteiger partial charge in [0, 0.05) is 40.8 Å². The Labute approximate surface area is 153 Å². The average molecular weight is 442 g/mol. The third-order valence-corrected chi connectivity index (χ3v) is 5.48. The number of carbonyl (C=O) groups excluding carboxylic acids is 1. The number of amides is 1. The van der Waals surface area contributed by atoms with Gasteiger partial charge in [0.1, 0.15) is 0 Å². The van der Waals surface area contributed by atoms with Crippen molar-refractivity contribution >= 4 is 50.7 Å². The first-order chi connectivity index (χ1) is 11.1. The number of aryl methyl sites for hydroxylation is 1. The van der Waals surface area contributed by atoms with Gasteiger partial charge in [0.25, 0.3) is 0 Å². The molecule has 1 saturated heterocycles. The molecule has 1 aromatic carbocycles. The van der Waals surface area contributed by atoms with Gasteiger partial charge in [0.15, 0.2) is 5.13 Å². The van der Waals surface area contributed by atoms with E-state index in [0.717, 1.165) is 46.3 Å². The van der Waals surface area contributed by atoms with Crippen molar-refractivity contribution in [3.8, 4) is 0 Å². The van der Waals surface area contributed by atoms with Crippen molar-refractivity contribution in [2.75, 3.05) is 42.9 Å². The predicted octanol–water partition coefficient (Wildman–Crippen LogP) is 2.82. The van der Waals surface area contributed by atoms with Crippen LogP contribution in [0, 0.1) is 10.5 Å². The molecule has 0 aliphatic carbocycles. The zero-order valence-corrected chi connectivity index (χ0v) is 15.9. The summed E-state index contributed by atoms with van der Waals surface area (Å²) in [5, 5.41) is 6.12. The summed E-state index contributed by atoms with van der Waals surface area (Å²) >= 11 is 3.94. The Kier molecular flexibility index (Phi) is 5.50. The molecule has 1 amide bonds. The highest BCUT2D eigenvalue weighted by Crippen LogP contribution is 2.21. The van der Waals surface area contributed by atoms with Crippen LogP contribution in [0.2, 0.25) is 0 Å². The molecular weight excluding hydrogens is 423 g/mol. The fourth-order valence-electron chi connectivity index (χ4n) is 2.52. The number of benzene rings is 1. The largest absolute Gasteiger partial charge is 0.346 e. The molecular formula is C16H19IN4OS. The summed E-state index contributed by atoms with van der Waals surface area (Å²) in [6.45, 7) is 6.08. The molecule has 0 bridgehead atoms. The predicted molar refractivity (Wildman–Crippen MR) is 103 cm³/mol. The number of nitrogens with zero attached hydrogens (tertiary/aromatic N) is 3. The lowest BCUT2D eigenvalue weighted by Crippen LogP contribution is -2.48. The first-order valence-corrected chi connectivity index (χ1v) is 9.51. The maximum absolute atomic E-state index is 12.1. The summed E-state index contributed by atoms with van der Waals surface area (Å²) in [7, 11) is 0. The molecule has 0 spiro atoms. The van der Waals surface area contributed by atoms with Gasteiger partial charge in [-0.15, -0.1) is 11.3 Å². The van der Waals surface area contributed by atoms with Crippen LogP contribution in [0.25, 0.3) is 0 Å². The molecule has 0 radical (unpaired) electrons. The molecule has 1 aliphatic heterocycles. The number of halogens is 1. The van der Waals surface area contributed by atoms with Crippen molar-refractivity contribution in [3.63, 3.8) is 0 Å². The molecule has 0 saturated carbocycles. The summed E-state index contributed by atoms with van der Waals surface area (Å²) in [6.07, 6.45) is 0. The van der Waals surface area contributed by atoms with Gasteiger partial charge in [-0.2, -0.15) is 0 Å². The molecule has 7 heteroatoms. The van der Waals surface area contributed by atoms with Crippen LogP contribution < -0.4 is 10.2 Å². The van der Waals surface area contributed by atoms with Crippen LogP contribution in [0.1, 0.15) is 5.69 Å². The van der Waals surface area contributed by atoms with E-state index < -0.39 is 0 Å². The number of nitrogens with one attached hydrogen (secondary N) is 1. The Bertz CT molecular complexity index is 665. The van der Waals surface area contributed by atoms with Crippen molar-refractivity contribution in [2.24, 2.45) is 0 Å². The van der Waals surface area contributed by atoms with E-state index in [1.807, 2.05) is 31.2 Å². The van der Waals surface area contributed by atoms with Crippen molar-refractivity contribution in [1.29, 1.82) is 0 Å². The summed E-state index contributed by atoms with van der Waals surface area (Å²) in [5.41, 5.74) is 1.93. The number of aromatic nitrogens is 1. The third-order valence-electron chi connectivity index (χ3n) is 3.74. The second-order valence-electron chi connectivity index (χ2n) is 5.59. The maximum atomic E-state index is 12.1. The number of piperazine rings is 1. The molecule has 5 nitrogen and oxygen atoms in total. The normalized spacial score (nSPS) is 15.7. The number of hydrogen-bond acceptors (Lipinski definition) is 5. The Balaban J connectivity index is 1.46. The molecule has 3 rings (SSSR count). The minimum Gasteiger partial charge on any atom is -0.346 e. The first-order valence-electron chi connectivity index (χ1n) is 7.55. The fraction of sp³-hybridized carbons (Fsp3) is 0.375. The molecule has 1 N–H and O–H groups in total. The molecule has 122 valence electrons.